The van der Waals surface area contributed by atoms with E-state index in [1.807, 2.05) is 13.8 Å². The van der Waals surface area contributed by atoms with Crippen molar-refractivity contribution < 1.29 is 14.6 Å². The Labute approximate surface area is 153 Å². The Bertz CT molecular complexity index is 928. The number of rotatable bonds is 5. The standard InChI is InChI=1S/C17H17N5O3S/c1-10-5-13(3-4-19-10)22-17(24)25-15-16(26-11(2)20-15)21-14-6-12(9-23)7-18-8-14/h3-8,21,23H,9H2,1-2H3,(H,19,22,24). The summed E-state index contributed by atoms with van der Waals surface area (Å²) in [6.45, 7) is 3.54. The topological polar surface area (TPSA) is 109 Å². The molecule has 0 aliphatic rings. The average Bonchev–Trinajstić information content (AvgIpc) is 2.93. The summed E-state index contributed by atoms with van der Waals surface area (Å²) in [7, 11) is 0. The van der Waals surface area contributed by atoms with E-state index < -0.39 is 6.09 Å². The maximum absolute atomic E-state index is 12.1. The highest BCUT2D eigenvalue weighted by molar-refractivity contribution is 7.16. The normalized spacial score (nSPS) is 10.4. The number of aliphatic hydroxyl groups is 1. The summed E-state index contributed by atoms with van der Waals surface area (Å²) in [4.78, 5) is 24.5. The minimum Gasteiger partial charge on any atom is -0.392 e. The molecule has 0 aromatic carbocycles. The zero-order chi connectivity index (χ0) is 18.5. The van der Waals surface area contributed by atoms with Gasteiger partial charge in [-0.2, -0.15) is 0 Å². The molecule has 8 nitrogen and oxygen atoms in total. The van der Waals surface area contributed by atoms with Crippen LogP contribution in [-0.2, 0) is 6.61 Å². The van der Waals surface area contributed by atoms with Crippen LogP contribution in [-0.4, -0.2) is 26.2 Å². The van der Waals surface area contributed by atoms with Gasteiger partial charge in [0.1, 0.15) is 0 Å². The van der Waals surface area contributed by atoms with E-state index in [-0.39, 0.29) is 12.5 Å². The second-order valence-corrected chi connectivity index (χ2v) is 6.64. The molecule has 3 aromatic heterocycles. The Morgan fingerprint density at radius 1 is 1.27 bits per heavy atom. The van der Waals surface area contributed by atoms with Gasteiger partial charge in [-0.15, -0.1) is 0 Å². The van der Waals surface area contributed by atoms with Gasteiger partial charge in [-0.05, 0) is 37.6 Å². The van der Waals surface area contributed by atoms with Gasteiger partial charge in [-0.3, -0.25) is 15.3 Å². The Hall–Kier alpha value is -3.04. The van der Waals surface area contributed by atoms with Gasteiger partial charge in [0.25, 0.3) is 5.88 Å². The Kier molecular flexibility index (Phi) is 5.40. The molecule has 3 N–H and O–H groups in total. The second kappa shape index (κ2) is 7.89. The molecule has 134 valence electrons. The molecule has 26 heavy (non-hydrogen) atoms. The predicted octanol–water partition coefficient (Wildman–Crippen LogP) is 3.40. The number of nitrogens with zero attached hydrogens (tertiary/aromatic N) is 3. The lowest BCUT2D eigenvalue weighted by Crippen LogP contribution is -2.17. The number of amides is 1. The minimum atomic E-state index is -0.647. The first-order valence-electron chi connectivity index (χ1n) is 7.74. The first-order chi connectivity index (χ1) is 12.5. The number of ether oxygens (including phenoxy) is 1. The lowest BCUT2D eigenvalue weighted by atomic mass is 10.3. The van der Waals surface area contributed by atoms with E-state index in [4.69, 9.17) is 4.74 Å². The van der Waals surface area contributed by atoms with Gasteiger partial charge >= 0.3 is 6.09 Å². The number of aryl methyl sites for hydroxylation is 2. The molecule has 0 saturated heterocycles. The van der Waals surface area contributed by atoms with Gasteiger partial charge in [0, 0.05) is 23.8 Å². The summed E-state index contributed by atoms with van der Waals surface area (Å²) in [6, 6.07) is 5.16. The maximum Gasteiger partial charge on any atom is 0.418 e. The zero-order valence-electron chi connectivity index (χ0n) is 14.2. The first-order valence-corrected chi connectivity index (χ1v) is 8.56. The fourth-order valence-electron chi connectivity index (χ4n) is 2.18. The number of nitrogens with one attached hydrogen (secondary N) is 2. The van der Waals surface area contributed by atoms with Gasteiger partial charge < -0.3 is 15.2 Å². The van der Waals surface area contributed by atoms with Crippen molar-refractivity contribution in [2.75, 3.05) is 10.6 Å². The van der Waals surface area contributed by atoms with E-state index in [1.165, 1.54) is 11.3 Å². The summed E-state index contributed by atoms with van der Waals surface area (Å²) in [5.41, 5.74) is 2.70. The molecule has 0 aliphatic carbocycles. The monoisotopic (exact) mass is 371 g/mol. The minimum absolute atomic E-state index is 0.110. The van der Waals surface area contributed by atoms with Crippen LogP contribution in [0.5, 0.6) is 5.88 Å². The van der Waals surface area contributed by atoms with Crippen LogP contribution in [0.15, 0.2) is 36.8 Å². The molecule has 0 unspecified atom stereocenters. The smallest absolute Gasteiger partial charge is 0.392 e. The molecule has 0 saturated carbocycles. The number of hydrogen-bond acceptors (Lipinski definition) is 8. The van der Waals surface area contributed by atoms with Crippen molar-refractivity contribution >= 4 is 33.8 Å². The average molecular weight is 371 g/mol. The quantitative estimate of drug-likeness (QED) is 0.630. The van der Waals surface area contributed by atoms with E-state index in [0.29, 0.717) is 21.9 Å². The van der Waals surface area contributed by atoms with Crippen LogP contribution in [0.25, 0.3) is 0 Å². The SMILES string of the molecule is Cc1cc(NC(=O)Oc2nc(C)sc2Nc2cncc(CO)c2)ccn1. The van der Waals surface area contributed by atoms with E-state index in [1.54, 1.807) is 36.8 Å². The summed E-state index contributed by atoms with van der Waals surface area (Å²) in [5.74, 6) is 0.171. The van der Waals surface area contributed by atoms with Gasteiger partial charge in [-0.25, -0.2) is 9.78 Å². The lowest BCUT2D eigenvalue weighted by Gasteiger charge is -2.08. The number of carbonyl (C=O) groups is 1. The number of aliphatic hydroxyl groups excluding tert-OH is 1. The molecule has 3 aromatic rings. The predicted molar refractivity (Wildman–Crippen MR) is 98.9 cm³/mol. The Morgan fingerprint density at radius 2 is 2.12 bits per heavy atom. The van der Waals surface area contributed by atoms with Crippen LogP contribution in [0.1, 0.15) is 16.3 Å². The van der Waals surface area contributed by atoms with Gasteiger partial charge in [0.2, 0.25) is 0 Å². The van der Waals surface area contributed by atoms with Crippen LogP contribution in [0, 0.1) is 13.8 Å². The second-order valence-electron chi connectivity index (χ2n) is 5.43. The number of pyridine rings is 2. The van der Waals surface area contributed by atoms with Gasteiger partial charge in [0.05, 0.1) is 23.5 Å². The molecule has 9 heteroatoms. The van der Waals surface area contributed by atoms with Crippen molar-refractivity contribution in [2.45, 2.75) is 20.5 Å². The van der Waals surface area contributed by atoms with Crippen molar-refractivity contribution in [1.82, 2.24) is 15.0 Å². The van der Waals surface area contributed by atoms with Crippen molar-refractivity contribution in [1.29, 1.82) is 0 Å². The fourth-order valence-corrected chi connectivity index (χ4v) is 2.95. The van der Waals surface area contributed by atoms with Crippen molar-refractivity contribution in [3.05, 3.63) is 53.1 Å². The summed E-state index contributed by atoms with van der Waals surface area (Å²) >= 11 is 1.35. The lowest BCUT2D eigenvalue weighted by molar-refractivity contribution is 0.214. The fraction of sp³-hybridized carbons (Fsp3) is 0.176. The zero-order valence-corrected chi connectivity index (χ0v) is 15.0. The van der Waals surface area contributed by atoms with Crippen LogP contribution in [0.2, 0.25) is 0 Å². The molecule has 0 radical (unpaired) electrons. The molecular weight excluding hydrogens is 354 g/mol. The van der Waals surface area contributed by atoms with E-state index in [9.17, 15) is 9.90 Å². The number of aromatic nitrogens is 3. The third kappa shape index (κ3) is 4.52. The van der Waals surface area contributed by atoms with Crippen molar-refractivity contribution in [2.24, 2.45) is 0 Å². The highest BCUT2D eigenvalue weighted by Crippen LogP contribution is 2.33. The third-order valence-corrected chi connectivity index (χ3v) is 4.14. The van der Waals surface area contributed by atoms with Crippen molar-refractivity contribution in [3.63, 3.8) is 0 Å². The Balaban J connectivity index is 1.73. The van der Waals surface area contributed by atoms with Crippen molar-refractivity contribution in [3.8, 4) is 5.88 Å². The van der Waals surface area contributed by atoms with E-state index >= 15 is 0 Å². The summed E-state index contributed by atoms with van der Waals surface area (Å²) < 4.78 is 5.34. The highest BCUT2D eigenvalue weighted by atomic mass is 32.1. The molecule has 0 atom stereocenters. The molecule has 0 bridgehead atoms. The van der Waals surface area contributed by atoms with E-state index in [2.05, 4.69) is 25.6 Å². The molecular formula is C17H17N5O3S. The highest BCUT2D eigenvalue weighted by Gasteiger charge is 2.15. The third-order valence-electron chi connectivity index (χ3n) is 3.27. The summed E-state index contributed by atoms with van der Waals surface area (Å²) in [6.07, 6.45) is 4.14. The number of thiazole rings is 1. The van der Waals surface area contributed by atoms with Gasteiger partial charge in [-0.1, -0.05) is 11.3 Å². The van der Waals surface area contributed by atoms with Crippen LogP contribution in [0.4, 0.5) is 21.2 Å². The van der Waals surface area contributed by atoms with Crippen LogP contribution < -0.4 is 15.4 Å². The van der Waals surface area contributed by atoms with E-state index in [0.717, 1.165) is 10.7 Å². The molecule has 0 spiro atoms. The molecule has 0 aliphatic heterocycles. The summed E-state index contributed by atoms with van der Waals surface area (Å²) in [5, 5.41) is 16.3. The maximum atomic E-state index is 12.1. The van der Waals surface area contributed by atoms with Crippen LogP contribution in [0.3, 0.4) is 0 Å². The number of hydrogen-bond donors (Lipinski definition) is 3. The molecule has 3 rings (SSSR count). The first kappa shape index (κ1) is 17.8. The molecule has 0 fully saturated rings. The molecule has 1 amide bonds. The molecule has 3 heterocycles. The number of anilines is 3. The largest absolute Gasteiger partial charge is 0.418 e. The Morgan fingerprint density at radius 3 is 2.88 bits per heavy atom. The van der Waals surface area contributed by atoms with Gasteiger partial charge in [0.15, 0.2) is 5.00 Å². The van der Waals surface area contributed by atoms with Crippen LogP contribution >= 0.6 is 11.3 Å². The number of carbonyl (C=O) groups excluding carboxylic acids is 1.